The summed E-state index contributed by atoms with van der Waals surface area (Å²) in [6, 6.07) is 7.71. The second kappa shape index (κ2) is 7.46. The second-order valence-electron chi connectivity index (χ2n) is 5.49. The van der Waals surface area contributed by atoms with Gasteiger partial charge in [0, 0.05) is 24.3 Å². The number of esters is 1. The monoisotopic (exact) mass is 378 g/mol. The summed E-state index contributed by atoms with van der Waals surface area (Å²) < 4.78 is 5.78. The molecule has 5 nitrogen and oxygen atoms in total. The number of hydrogen-bond acceptors (Lipinski definition) is 3. The quantitative estimate of drug-likeness (QED) is 0.812. The number of ether oxygens (including phenoxy) is 1. The van der Waals surface area contributed by atoms with E-state index in [1.807, 2.05) is 26.0 Å². The predicted molar refractivity (Wildman–Crippen MR) is 91.2 cm³/mol. The first-order chi connectivity index (χ1) is 10.9. The fraction of sp³-hybridized carbons (Fsp3) is 0.294. The third-order valence-corrected chi connectivity index (χ3v) is 3.98. The topological polar surface area (TPSA) is 62.4 Å². The van der Waals surface area contributed by atoms with Gasteiger partial charge in [0.15, 0.2) is 6.61 Å². The molecule has 0 bridgehead atoms. The highest BCUT2D eigenvalue weighted by molar-refractivity contribution is 9.10. The number of hydrogen-bond donors (Lipinski definition) is 1. The molecule has 1 aromatic carbocycles. The first-order valence-corrected chi connectivity index (χ1v) is 7.97. The van der Waals surface area contributed by atoms with E-state index in [0.717, 1.165) is 15.6 Å². The minimum Gasteiger partial charge on any atom is -0.451 e. The molecule has 2 aromatic rings. The van der Waals surface area contributed by atoms with Gasteiger partial charge in [0.25, 0.3) is 5.91 Å². The molecule has 0 atom stereocenters. The van der Waals surface area contributed by atoms with Crippen molar-refractivity contribution in [2.24, 2.45) is 0 Å². The Bertz CT molecular complexity index is 724. The highest BCUT2D eigenvalue weighted by Crippen LogP contribution is 2.13. The molecule has 1 amide bonds. The van der Waals surface area contributed by atoms with Crippen LogP contribution in [-0.4, -0.2) is 35.4 Å². The molecule has 0 aliphatic heterocycles. The summed E-state index contributed by atoms with van der Waals surface area (Å²) in [6.45, 7) is 4.25. The van der Waals surface area contributed by atoms with Crippen LogP contribution in [0.2, 0.25) is 0 Å². The van der Waals surface area contributed by atoms with Gasteiger partial charge >= 0.3 is 5.97 Å². The van der Waals surface area contributed by atoms with Gasteiger partial charge in [-0.3, -0.25) is 4.79 Å². The zero-order chi connectivity index (χ0) is 17.0. The molecule has 122 valence electrons. The lowest BCUT2D eigenvalue weighted by Crippen LogP contribution is -2.31. The molecule has 23 heavy (non-hydrogen) atoms. The summed E-state index contributed by atoms with van der Waals surface area (Å²) in [4.78, 5) is 28.2. The Hall–Kier alpha value is -2.08. The van der Waals surface area contributed by atoms with Crippen molar-refractivity contribution in [1.82, 2.24) is 9.88 Å². The van der Waals surface area contributed by atoms with Crippen LogP contribution in [0.25, 0.3) is 0 Å². The van der Waals surface area contributed by atoms with Crippen molar-refractivity contribution >= 4 is 27.8 Å². The first kappa shape index (κ1) is 17.3. The van der Waals surface area contributed by atoms with Crippen LogP contribution in [0.5, 0.6) is 0 Å². The SMILES string of the molecule is Cc1ccc(CN(C)C(=O)COC(=O)c2cc(Br)c[nH]2)c(C)c1. The van der Waals surface area contributed by atoms with E-state index in [-0.39, 0.29) is 12.5 Å². The van der Waals surface area contributed by atoms with Crippen molar-refractivity contribution in [3.63, 3.8) is 0 Å². The Morgan fingerprint density at radius 2 is 2.00 bits per heavy atom. The first-order valence-electron chi connectivity index (χ1n) is 7.18. The van der Waals surface area contributed by atoms with Gasteiger partial charge < -0.3 is 14.6 Å². The molecule has 6 heteroatoms. The second-order valence-corrected chi connectivity index (χ2v) is 6.40. The van der Waals surface area contributed by atoms with E-state index in [1.54, 1.807) is 24.2 Å². The van der Waals surface area contributed by atoms with Crippen LogP contribution in [0, 0.1) is 13.8 Å². The molecule has 0 saturated heterocycles. The van der Waals surface area contributed by atoms with Crippen LogP contribution < -0.4 is 0 Å². The normalized spacial score (nSPS) is 10.4. The van der Waals surface area contributed by atoms with Crippen LogP contribution in [0.1, 0.15) is 27.2 Å². The minimum atomic E-state index is -0.552. The lowest BCUT2D eigenvalue weighted by Gasteiger charge is -2.18. The van der Waals surface area contributed by atoms with Gasteiger partial charge in [-0.2, -0.15) is 0 Å². The number of carbonyl (C=O) groups is 2. The highest BCUT2D eigenvalue weighted by Gasteiger charge is 2.15. The number of likely N-dealkylation sites (N-methyl/N-ethyl adjacent to an activating group) is 1. The molecule has 0 spiro atoms. The van der Waals surface area contributed by atoms with Gasteiger partial charge in [0.2, 0.25) is 0 Å². The molecule has 0 aliphatic carbocycles. The van der Waals surface area contributed by atoms with Gasteiger partial charge in [0.05, 0.1) is 0 Å². The number of benzene rings is 1. The smallest absolute Gasteiger partial charge is 0.355 e. The fourth-order valence-corrected chi connectivity index (χ4v) is 2.51. The number of aryl methyl sites for hydroxylation is 2. The standard InChI is InChI=1S/C17H19BrN2O3/c1-11-4-5-13(12(2)6-11)9-20(3)16(21)10-23-17(22)15-7-14(18)8-19-15/h4-8,19H,9-10H2,1-3H3. The molecule has 0 fully saturated rings. The Morgan fingerprint density at radius 3 is 2.61 bits per heavy atom. The maximum Gasteiger partial charge on any atom is 0.355 e. The largest absolute Gasteiger partial charge is 0.451 e. The number of H-pyrrole nitrogens is 1. The van der Waals surface area contributed by atoms with Crippen molar-refractivity contribution in [1.29, 1.82) is 0 Å². The number of aromatic amines is 1. The summed E-state index contributed by atoms with van der Waals surface area (Å²) in [5, 5.41) is 0. The van der Waals surface area contributed by atoms with Crippen LogP contribution in [0.15, 0.2) is 34.9 Å². The molecular formula is C17H19BrN2O3. The van der Waals surface area contributed by atoms with E-state index in [9.17, 15) is 9.59 Å². The number of aromatic nitrogens is 1. The summed E-state index contributed by atoms with van der Waals surface area (Å²) in [6.07, 6.45) is 1.63. The van der Waals surface area contributed by atoms with Crippen molar-refractivity contribution in [2.45, 2.75) is 20.4 Å². The lowest BCUT2D eigenvalue weighted by molar-refractivity contribution is -0.133. The Labute approximate surface area is 143 Å². The van der Waals surface area contributed by atoms with Crippen molar-refractivity contribution < 1.29 is 14.3 Å². The third-order valence-electron chi connectivity index (χ3n) is 3.53. The molecule has 0 saturated carbocycles. The zero-order valence-electron chi connectivity index (χ0n) is 13.4. The van der Waals surface area contributed by atoms with Crippen LogP contribution in [0.4, 0.5) is 0 Å². The summed E-state index contributed by atoms with van der Waals surface area (Å²) in [5.41, 5.74) is 3.71. The average Bonchev–Trinajstić information content (AvgIpc) is 2.93. The maximum absolute atomic E-state index is 12.1. The summed E-state index contributed by atoms with van der Waals surface area (Å²) in [7, 11) is 1.70. The van der Waals surface area contributed by atoms with Crippen molar-refractivity contribution in [3.8, 4) is 0 Å². The van der Waals surface area contributed by atoms with Gasteiger partial charge in [0.1, 0.15) is 5.69 Å². The van der Waals surface area contributed by atoms with E-state index in [4.69, 9.17) is 4.74 Å². The average molecular weight is 379 g/mol. The van der Waals surface area contributed by atoms with Gasteiger partial charge in [-0.25, -0.2) is 4.79 Å². The third kappa shape index (κ3) is 4.69. The molecule has 1 aromatic heterocycles. The Kier molecular flexibility index (Phi) is 5.60. The summed E-state index contributed by atoms with van der Waals surface area (Å²) in [5.74, 6) is -0.798. The van der Waals surface area contributed by atoms with Crippen LogP contribution in [-0.2, 0) is 16.1 Å². The Morgan fingerprint density at radius 1 is 1.26 bits per heavy atom. The Balaban J connectivity index is 1.88. The van der Waals surface area contributed by atoms with E-state index in [0.29, 0.717) is 12.2 Å². The van der Waals surface area contributed by atoms with Crippen LogP contribution in [0.3, 0.4) is 0 Å². The maximum atomic E-state index is 12.1. The van der Waals surface area contributed by atoms with Crippen LogP contribution >= 0.6 is 15.9 Å². The minimum absolute atomic E-state index is 0.246. The zero-order valence-corrected chi connectivity index (χ0v) is 14.9. The number of carbonyl (C=O) groups excluding carboxylic acids is 2. The molecule has 0 radical (unpaired) electrons. The number of amides is 1. The predicted octanol–water partition coefficient (Wildman–Crippen LogP) is 3.21. The molecular weight excluding hydrogens is 360 g/mol. The summed E-state index contributed by atoms with van der Waals surface area (Å²) >= 11 is 3.24. The van der Waals surface area contributed by atoms with Gasteiger partial charge in [-0.15, -0.1) is 0 Å². The number of nitrogens with zero attached hydrogens (tertiary/aromatic N) is 1. The van der Waals surface area contributed by atoms with Crippen molar-refractivity contribution in [3.05, 3.63) is 57.3 Å². The number of halogens is 1. The van der Waals surface area contributed by atoms with Gasteiger partial charge in [-0.05, 0) is 47.0 Å². The molecule has 1 N–H and O–H groups in total. The van der Waals surface area contributed by atoms with Gasteiger partial charge in [-0.1, -0.05) is 23.8 Å². The number of nitrogens with one attached hydrogen (secondary N) is 1. The molecule has 2 rings (SSSR count). The fourth-order valence-electron chi connectivity index (χ4n) is 2.17. The van der Waals surface area contributed by atoms with E-state index >= 15 is 0 Å². The van der Waals surface area contributed by atoms with E-state index in [2.05, 4.69) is 27.0 Å². The highest BCUT2D eigenvalue weighted by atomic mass is 79.9. The number of rotatable bonds is 5. The molecule has 1 heterocycles. The van der Waals surface area contributed by atoms with Crippen molar-refractivity contribution in [2.75, 3.05) is 13.7 Å². The van der Waals surface area contributed by atoms with E-state index < -0.39 is 5.97 Å². The molecule has 0 aliphatic rings. The molecule has 0 unspecified atom stereocenters. The van der Waals surface area contributed by atoms with E-state index in [1.165, 1.54) is 5.56 Å². The lowest BCUT2D eigenvalue weighted by atomic mass is 10.1.